The molecule has 1 aromatic carbocycles. The minimum atomic E-state index is -0.0934. The third-order valence-corrected chi connectivity index (χ3v) is 6.05. The van der Waals surface area contributed by atoms with Crippen molar-refractivity contribution >= 4 is 23.1 Å². The summed E-state index contributed by atoms with van der Waals surface area (Å²) in [5.74, 6) is 2.02. The van der Waals surface area contributed by atoms with Gasteiger partial charge >= 0.3 is 0 Å². The zero-order valence-corrected chi connectivity index (χ0v) is 17.3. The van der Waals surface area contributed by atoms with Gasteiger partial charge in [0, 0.05) is 30.8 Å². The fourth-order valence-electron chi connectivity index (χ4n) is 3.53. The summed E-state index contributed by atoms with van der Waals surface area (Å²) in [6.07, 6.45) is 1.75. The summed E-state index contributed by atoms with van der Waals surface area (Å²) in [5, 5.41) is 12.8. The van der Waals surface area contributed by atoms with Crippen LogP contribution in [-0.4, -0.2) is 49.5 Å². The molecule has 3 aromatic rings. The minimum absolute atomic E-state index is 0.0934. The second kappa shape index (κ2) is 8.57. The topological polar surface area (TPSA) is 79.5 Å². The van der Waals surface area contributed by atoms with Gasteiger partial charge in [-0.05, 0) is 42.5 Å². The summed E-state index contributed by atoms with van der Waals surface area (Å²) < 4.78 is 10.5. The van der Waals surface area contributed by atoms with Gasteiger partial charge in [0.05, 0.1) is 24.8 Å². The van der Waals surface area contributed by atoms with Crippen LogP contribution in [0.1, 0.15) is 23.2 Å². The molecule has 0 radical (unpaired) electrons. The number of piperidine rings is 1. The van der Waals surface area contributed by atoms with Gasteiger partial charge in [-0.1, -0.05) is 6.07 Å². The van der Waals surface area contributed by atoms with Gasteiger partial charge in [-0.25, -0.2) is 0 Å². The van der Waals surface area contributed by atoms with Crippen LogP contribution >= 0.6 is 11.3 Å². The van der Waals surface area contributed by atoms with Crippen LogP contribution in [0.15, 0.2) is 41.8 Å². The van der Waals surface area contributed by atoms with Crippen molar-refractivity contribution in [3.63, 3.8) is 0 Å². The third kappa shape index (κ3) is 4.22. The fourth-order valence-corrected chi connectivity index (χ4v) is 4.22. The van der Waals surface area contributed by atoms with Crippen LogP contribution in [0.5, 0.6) is 11.5 Å². The predicted molar refractivity (Wildman–Crippen MR) is 114 cm³/mol. The Kier molecular flexibility index (Phi) is 5.71. The third-order valence-electron chi connectivity index (χ3n) is 5.15. The lowest BCUT2D eigenvalue weighted by atomic mass is 10.0. The molecule has 29 heavy (non-hydrogen) atoms. The van der Waals surface area contributed by atoms with Gasteiger partial charge in [-0.15, -0.1) is 11.3 Å². The first-order valence-corrected chi connectivity index (χ1v) is 10.4. The lowest BCUT2D eigenvalue weighted by Gasteiger charge is -2.32. The average Bonchev–Trinajstić information content (AvgIpc) is 3.45. The first kappa shape index (κ1) is 19.3. The van der Waals surface area contributed by atoms with Crippen molar-refractivity contribution < 1.29 is 14.3 Å². The molecular formula is C21H24N4O3S. The van der Waals surface area contributed by atoms with E-state index < -0.39 is 0 Å². The van der Waals surface area contributed by atoms with Gasteiger partial charge in [-0.2, -0.15) is 5.10 Å². The molecule has 3 heterocycles. The number of rotatable bonds is 6. The van der Waals surface area contributed by atoms with E-state index in [2.05, 4.69) is 37.9 Å². The summed E-state index contributed by atoms with van der Waals surface area (Å²) >= 11 is 1.69. The van der Waals surface area contributed by atoms with E-state index in [0.717, 1.165) is 37.4 Å². The molecule has 1 aliphatic rings. The minimum Gasteiger partial charge on any atom is -0.493 e. The van der Waals surface area contributed by atoms with E-state index in [9.17, 15) is 4.79 Å². The van der Waals surface area contributed by atoms with Gasteiger partial charge in [0.1, 0.15) is 0 Å². The Morgan fingerprint density at radius 1 is 1.17 bits per heavy atom. The Hall–Kier alpha value is -3.00. The molecule has 1 aliphatic heterocycles. The largest absolute Gasteiger partial charge is 0.493 e. The molecule has 152 valence electrons. The molecule has 8 heteroatoms. The van der Waals surface area contributed by atoms with Crippen LogP contribution < -0.4 is 19.7 Å². The lowest BCUT2D eigenvalue weighted by Crippen LogP contribution is -2.44. The van der Waals surface area contributed by atoms with Crippen LogP contribution in [0.4, 0.5) is 5.82 Å². The van der Waals surface area contributed by atoms with Gasteiger partial charge < -0.3 is 19.7 Å². The summed E-state index contributed by atoms with van der Waals surface area (Å²) in [6.45, 7) is 1.71. The highest BCUT2D eigenvalue weighted by atomic mass is 32.1. The molecular weight excluding hydrogens is 388 g/mol. The number of anilines is 1. The van der Waals surface area contributed by atoms with E-state index in [0.29, 0.717) is 17.1 Å². The molecule has 0 bridgehead atoms. The number of nitrogens with zero attached hydrogens (tertiary/aromatic N) is 2. The number of benzene rings is 1. The Morgan fingerprint density at radius 2 is 1.97 bits per heavy atom. The molecule has 2 N–H and O–H groups in total. The zero-order chi connectivity index (χ0) is 20.2. The Labute approximate surface area is 173 Å². The number of hydrogen-bond acceptors (Lipinski definition) is 6. The molecule has 0 atom stereocenters. The van der Waals surface area contributed by atoms with Crippen molar-refractivity contribution in [1.82, 2.24) is 15.5 Å². The summed E-state index contributed by atoms with van der Waals surface area (Å²) in [5.41, 5.74) is 1.61. The lowest BCUT2D eigenvalue weighted by molar-refractivity contribution is 0.0930. The van der Waals surface area contributed by atoms with E-state index in [1.807, 2.05) is 6.07 Å². The maximum Gasteiger partial charge on any atom is 0.251 e. The van der Waals surface area contributed by atoms with Gasteiger partial charge in [-0.3, -0.25) is 9.89 Å². The number of methoxy groups -OCH3 is 2. The maximum absolute atomic E-state index is 12.6. The fraction of sp³-hybridized carbons (Fsp3) is 0.333. The number of H-pyrrole nitrogens is 1. The molecule has 0 aliphatic carbocycles. The monoisotopic (exact) mass is 412 g/mol. The smallest absolute Gasteiger partial charge is 0.251 e. The van der Waals surface area contributed by atoms with Crippen LogP contribution in [0, 0.1) is 0 Å². The van der Waals surface area contributed by atoms with Crippen LogP contribution in [-0.2, 0) is 0 Å². The van der Waals surface area contributed by atoms with Crippen LogP contribution in [0.3, 0.4) is 0 Å². The van der Waals surface area contributed by atoms with Crippen LogP contribution in [0.2, 0.25) is 0 Å². The number of amides is 1. The standard InChI is InChI=1S/C21H24N4O3S/c1-27-17-6-5-14(12-18(17)28-2)21(26)22-15-7-9-25(10-8-15)20-13-16(23-24-20)19-4-3-11-29-19/h3-6,11-13,15H,7-10H2,1-2H3,(H,22,26)(H,23,24). The van der Waals surface area contributed by atoms with E-state index in [1.54, 1.807) is 43.8 Å². The number of aromatic nitrogens is 2. The van der Waals surface area contributed by atoms with Crippen molar-refractivity contribution in [1.29, 1.82) is 0 Å². The summed E-state index contributed by atoms with van der Waals surface area (Å²) in [6, 6.07) is 11.6. The molecule has 1 saturated heterocycles. The maximum atomic E-state index is 12.6. The second-order valence-electron chi connectivity index (χ2n) is 6.92. The van der Waals surface area contributed by atoms with Gasteiger partial charge in [0.15, 0.2) is 17.3 Å². The number of ether oxygens (including phenoxy) is 2. The first-order chi connectivity index (χ1) is 14.2. The Bertz CT molecular complexity index is 962. The molecule has 0 unspecified atom stereocenters. The zero-order valence-electron chi connectivity index (χ0n) is 16.5. The molecule has 2 aromatic heterocycles. The summed E-state index contributed by atoms with van der Waals surface area (Å²) in [4.78, 5) is 16.1. The van der Waals surface area contributed by atoms with Gasteiger partial charge in [0.2, 0.25) is 0 Å². The SMILES string of the molecule is COc1ccc(C(=O)NC2CCN(c3cc(-c4cccs4)[nH]n3)CC2)cc1OC. The number of thiophene rings is 1. The number of carbonyl (C=O) groups is 1. The normalized spacial score (nSPS) is 14.6. The number of nitrogens with one attached hydrogen (secondary N) is 2. The van der Waals surface area contributed by atoms with Crippen molar-refractivity contribution in [2.24, 2.45) is 0 Å². The molecule has 1 fully saturated rings. The first-order valence-electron chi connectivity index (χ1n) is 9.55. The number of hydrogen-bond donors (Lipinski definition) is 2. The van der Waals surface area contributed by atoms with E-state index in [-0.39, 0.29) is 11.9 Å². The quantitative estimate of drug-likeness (QED) is 0.647. The number of aromatic amines is 1. The highest BCUT2D eigenvalue weighted by molar-refractivity contribution is 7.13. The molecule has 0 spiro atoms. The molecule has 4 rings (SSSR count). The van der Waals surface area contributed by atoms with E-state index >= 15 is 0 Å². The van der Waals surface area contributed by atoms with Crippen molar-refractivity contribution in [3.05, 3.63) is 47.3 Å². The van der Waals surface area contributed by atoms with E-state index in [1.165, 1.54) is 4.88 Å². The number of carbonyl (C=O) groups excluding carboxylic acids is 1. The average molecular weight is 413 g/mol. The summed E-state index contributed by atoms with van der Waals surface area (Å²) in [7, 11) is 3.14. The van der Waals surface area contributed by atoms with Crippen molar-refractivity contribution in [2.75, 3.05) is 32.2 Å². The van der Waals surface area contributed by atoms with Crippen molar-refractivity contribution in [3.8, 4) is 22.1 Å². The second-order valence-corrected chi connectivity index (χ2v) is 7.87. The van der Waals surface area contributed by atoms with Gasteiger partial charge in [0.25, 0.3) is 5.91 Å². The Morgan fingerprint density at radius 3 is 2.66 bits per heavy atom. The van der Waals surface area contributed by atoms with Crippen molar-refractivity contribution in [2.45, 2.75) is 18.9 Å². The molecule has 7 nitrogen and oxygen atoms in total. The Balaban J connectivity index is 1.33. The molecule has 1 amide bonds. The molecule has 0 saturated carbocycles. The van der Waals surface area contributed by atoms with E-state index in [4.69, 9.17) is 9.47 Å². The highest BCUT2D eigenvalue weighted by Crippen LogP contribution is 2.29. The van der Waals surface area contributed by atoms with Crippen LogP contribution in [0.25, 0.3) is 10.6 Å². The predicted octanol–water partition coefficient (Wildman–Crippen LogP) is 3.55. The highest BCUT2D eigenvalue weighted by Gasteiger charge is 2.23.